The molecular formula is C13H15NOS. The smallest absolute Gasteiger partial charge is 0.0682 e. The highest BCUT2D eigenvalue weighted by atomic mass is 32.1. The summed E-state index contributed by atoms with van der Waals surface area (Å²) in [6.07, 6.45) is 0. The largest absolute Gasteiger partial charge is 0.392 e. The Kier molecular flexibility index (Phi) is 3.59. The number of thiophene rings is 1. The Morgan fingerprint density at radius 2 is 2.19 bits per heavy atom. The lowest BCUT2D eigenvalue weighted by molar-refractivity contribution is 0.282. The van der Waals surface area contributed by atoms with Crippen molar-refractivity contribution in [1.29, 1.82) is 0 Å². The van der Waals surface area contributed by atoms with Crippen LogP contribution in [0.2, 0.25) is 0 Å². The summed E-state index contributed by atoms with van der Waals surface area (Å²) in [6, 6.07) is 12.3. The third kappa shape index (κ3) is 2.62. The van der Waals surface area contributed by atoms with Gasteiger partial charge >= 0.3 is 0 Å². The van der Waals surface area contributed by atoms with Gasteiger partial charge in [-0.3, -0.25) is 0 Å². The molecule has 0 fully saturated rings. The monoisotopic (exact) mass is 233 g/mol. The van der Waals surface area contributed by atoms with E-state index >= 15 is 0 Å². The van der Waals surface area contributed by atoms with Crippen LogP contribution in [0.25, 0.3) is 0 Å². The third-order valence-corrected chi connectivity index (χ3v) is 3.52. The summed E-state index contributed by atoms with van der Waals surface area (Å²) >= 11 is 1.75. The molecule has 0 aliphatic heterocycles. The Balaban J connectivity index is 2.08. The van der Waals surface area contributed by atoms with Crippen LogP contribution in [-0.4, -0.2) is 5.11 Å². The van der Waals surface area contributed by atoms with Crippen LogP contribution in [0, 0.1) is 0 Å². The van der Waals surface area contributed by atoms with Crippen LogP contribution >= 0.6 is 11.3 Å². The van der Waals surface area contributed by atoms with Crippen LogP contribution in [0.5, 0.6) is 0 Å². The minimum Gasteiger partial charge on any atom is -0.392 e. The fourth-order valence-electron chi connectivity index (χ4n) is 1.62. The van der Waals surface area contributed by atoms with E-state index in [1.54, 1.807) is 11.3 Å². The molecule has 0 aliphatic carbocycles. The highest BCUT2D eigenvalue weighted by Crippen LogP contribution is 2.23. The number of hydrogen-bond acceptors (Lipinski definition) is 3. The van der Waals surface area contributed by atoms with Crippen molar-refractivity contribution >= 4 is 17.0 Å². The van der Waals surface area contributed by atoms with Crippen molar-refractivity contribution in [1.82, 2.24) is 0 Å². The molecule has 1 atom stereocenters. The molecule has 1 heterocycles. The molecule has 2 aromatic rings. The van der Waals surface area contributed by atoms with Gasteiger partial charge in [0.05, 0.1) is 12.6 Å². The Bertz CT molecular complexity index is 439. The molecule has 2 rings (SSSR count). The number of hydrogen-bond donors (Lipinski definition) is 2. The highest BCUT2D eigenvalue weighted by molar-refractivity contribution is 7.10. The van der Waals surface area contributed by atoms with Crippen molar-refractivity contribution in [3.63, 3.8) is 0 Å². The number of anilines is 1. The first-order chi connectivity index (χ1) is 7.79. The molecule has 0 saturated heterocycles. The SMILES string of the molecule is CC(Nc1cccc(CO)c1)c1cccs1. The van der Waals surface area contributed by atoms with Crippen molar-refractivity contribution in [3.05, 3.63) is 52.2 Å². The van der Waals surface area contributed by atoms with Crippen LogP contribution < -0.4 is 5.32 Å². The lowest BCUT2D eigenvalue weighted by atomic mass is 10.2. The molecule has 0 bridgehead atoms. The van der Waals surface area contributed by atoms with Crippen LogP contribution in [0.1, 0.15) is 23.4 Å². The average Bonchev–Trinajstić information content (AvgIpc) is 2.83. The van der Waals surface area contributed by atoms with Crippen LogP contribution in [-0.2, 0) is 6.61 Å². The summed E-state index contributed by atoms with van der Waals surface area (Å²) in [6.45, 7) is 2.22. The zero-order valence-electron chi connectivity index (χ0n) is 9.18. The summed E-state index contributed by atoms with van der Waals surface area (Å²) in [5, 5.41) is 14.6. The number of nitrogens with one attached hydrogen (secondary N) is 1. The van der Waals surface area contributed by atoms with Gasteiger partial charge in [-0.25, -0.2) is 0 Å². The van der Waals surface area contributed by atoms with E-state index in [0.717, 1.165) is 11.3 Å². The molecule has 2 N–H and O–H groups in total. The number of benzene rings is 1. The normalized spacial score (nSPS) is 12.4. The van der Waals surface area contributed by atoms with Gasteiger partial charge in [0, 0.05) is 10.6 Å². The average molecular weight is 233 g/mol. The maximum Gasteiger partial charge on any atom is 0.0682 e. The summed E-state index contributed by atoms with van der Waals surface area (Å²) in [5.41, 5.74) is 1.98. The van der Waals surface area contributed by atoms with Gasteiger partial charge in [0.1, 0.15) is 0 Å². The molecule has 1 aromatic heterocycles. The van der Waals surface area contributed by atoms with E-state index in [9.17, 15) is 0 Å². The second kappa shape index (κ2) is 5.14. The Morgan fingerprint density at radius 3 is 2.88 bits per heavy atom. The summed E-state index contributed by atoms with van der Waals surface area (Å²) < 4.78 is 0. The fourth-order valence-corrected chi connectivity index (χ4v) is 2.35. The second-order valence-corrected chi connectivity index (χ2v) is 4.72. The Hall–Kier alpha value is -1.32. The second-order valence-electron chi connectivity index (χ2n) is 3.74. The van der Waals surface area contributed by atoms with E-state index in [0.29, 0.717) is 6.04 Å². The third-order valence-electron chi connectivity index (χ3n) is 2.46. The van der Waals surface area contributed by atoms with Crippen molar-refractivity contribution in [3.8, 4) is 0 Å². The molecule has 0 aliphatic rings. The Labute approximate surface area is 99.6 Å². The maximum atomic E-state index is 9.05. The molecule has 1 unspecified atom stereocenters. The minimum absolute atomic E-state index is 0.0862. The van der Waals surface area contributed by atoms with Gasteiger partial charge in [0.2, 0.25) is 0 Å². The van der Waals surface area contributed by atoms with Gasteiger partial charge in [0.15, 0.2) is 0 Å². The van der Waals surface area contributed by atoms with Crippen molar-refractivity contribution in [2.24, 2.45) is 0 Å². The van der Waals surface area contributed by atoms with Gasteiger partial charge < -0.3 is 10.4 Å². The fraction of sp³-hybridized carbons (Fsp3) is 0.231. The summed E-state index contributed by atoms with van der Waals surface area (Å²) in [7, 11) is 0. The van der Waals surface area contributed by atoms with Crippen LogP contribution in [0.15, 0.2) is 41.8 Å². The molecule has 2 nitrogen and oxygen atoms in total. The zero-order chi connectivity index (χ0) is 11.4. The van der Waals surface area contributed by atoms with Crippen molar-refractivity contribution in [2.75, 3.05) is 5.32 Å². The van der Waals surface area contributed by atoms with E-state index in [1.165, 1.54) is 4.88 Å². The zero-order valence-corrected chi connectivity index (χ0v) is 10.00. The molecule has 0 spiro atoms. The Morgan fingerprint density at radius 1 is 1.31 bits per heavy atom. The van der Waals surface area contributed by atoms with E-state index in [4.69, 9.17) is 5.11 Å². The van der Waals surface area contributed by atoms with Crippen LogP contribution in [0.4, 0.5) is 5.69 Å². The summed E-state index contributed by atoms with van der Waals surface area (Å²) in [4.78, 5) is 1.31. The van der Waals surface area contributed by atoms with Gasteiger partial charge in [-0.15, -0.1) is 11.3 Å². The van der Waals surface area contributed by atoms with Crippen molar-refractivity contribution < 1.29 is 5.11 Å². The van der Waals surface area contributed by atoms with E-state index in [-0.39, 0.29) is 6.61 Å². The number of rotatable bonds is 4. The van der Waals surface area contributed by atoms with Gasteiger partial charge in [-0.1, -0.05) is 18.2 Å². The molecule has 16 heavy (non-hydrogen) atoms. The first-order valence-corrected chi connectivity index (χ1v) is 6.17. The molecule has 0 saturated carbocycles. The molecule has 0 amide bonds. The van der Waals surface area contributed by atoms with Gasteiger partial charge in [-0.05, 0) is 36.1 Å². The molecular weight excluding hydrogens is 218 g/mol. The summed E-state index contributed by atoms with van der Waals surface area (Å²) in [5.74, 6) is 0. The molecule has 0 radical (unpaired) electrons. The predicted octanol–water partition coefficient (Wildman–Crippen LogP) is 3.41. The number of aliphatic hydroxyl groups is 1. The molecule has 1 aromatic carbocycles. The predicted molar refractivity (Wildman–Crippen MR) is 68.7 cm³/mol. The lowest BCUT2D eigenvalue weighted by Gasteiger charge is -2.14. The molecule has 3 heteroatoms. The standard InChI is InChI=1S/C13H15NOS/c1-10(13-6-3-7-16-13)14-12-5-2-4-11(8-12)9-15/h2-8,10,14-15H,9H2,1H3. The topological polar surface area (TPSA) is 32.3 Å². The van der Waals surface area contributed by atoms with Crippen LogP contribution in [0.3, 0.4) is 0 Å². The first-order valence-electron chi connectivity index (χ1n) is 5.29. The first kappa shape index (κ1) is 11.2. The van der Waals surface area contributed by atoms with E-state index in [1.807, 2.05) is 24.3 Å². The highest BCUT2D eigenvalue weighted by Gasteiger charge is 2.05. The van der Waals surface area contributed by atoms with Gasteiger partial charge in [-0.2, -0.15) is 0 Å². The van der Waals surface area contributed by atoms with E-state index in [2.05, 4.69) is 29.8 Å². The number of aliphatic hydroxyl groups excluding tert-OH is 1. The quantitative estimate of drug-likeness (QED) is 0.848. The maximum absolute atomic E-state index is 9.05. The lowest BCUT2D eigenvalue weighted by Crippen LogP contribution is -2.04. The van der Waals surface area contributed by atoms with Crippen molar-refractivity contribution in [2.45, 2.75) is 19.6 Å². The molecule has 84 valence electrons. The minimum atomic E-state index is 0.0862. The van der Waals surface area contributed by atoms with Gasteiger partial charge in [0.25, 0.3) is 0 Å². The van der Waals surface area contributed by atoms with E-state index < -0.39 is 0 Å².